The van der Waals surface area contributed by atoms with E-state index in [0.29, 0.717) is 6.04 Å². The fourth-order valence-corrected chi connectivity index (χ4v) is 3.06. The van der Waals surface area contributed by atoms with Crippen LogP contribution in [0.5, 0.6) is 0 Å². The second kappa shape index (κ2) is 5.71. The van der Waals surface area contributed by atoms with Crippen LogP contribution in [0.4, 0.5) is 0 Å². The number of hydrogen-bond acceptors (Lipinski definition) is 2. The van der Waals surface area contributed by atoms with Gasteiger partial charge in [-0.15, -0.1) is 0 Å². The molecule has 0 aromatic carbocycles. The molecule has 0 spiro atoms. The molecule has 100 valence electrons. The number of hydrogen-bond donors (Lipinski definition) is 1. The summed E-state index contributed by atoms with van der Waals surface area (Å²) < 4.78 is 0. The molecule has 4 atom stereocenters. The highest BCUT2D eigenvalue weighted by Crippen LogP contribution is 2.30. The standard InChI is InChI=1S/C15H30N2/c1-11-5-6-14(9-12(11)2)16-10-13(3)17(4)15-7-8-15/h11-16H,5-10H2,1-4H3. The highest BCUT2D eigenvalue weighted by Gasteiger charge is 2.30. The second-order valence-electron chi connectivity index (χ2n) is 6.62. The van der Waals surface area contributed by atoms with E-state index in [1.54, 1.807) is 0 Å². The van der Waals surface area contributed by atoms with Crippen molar-refractivity contribution >= 4 is 0 Å². The lowest BCUT2D eigenvalue weighted by atomic mass is 9.79. The normalized spacial score (nSPS) is 36.2. The quantitative estimate of drug-likeness (QED) is 0.792. The molecule has 0 saturated heterocycles. The van der Waals surface area contributed by atoms with Crippen molar-refractivity contribution in [2.24, 2.45) is 11.8 Å². The Balaban J connectivity index is 1.67. The lowest BCUT2D eigenvalue weighted by Gasteiger charge is -2.34. The van der Waals surface area contributed by atoms with Crippen molar-refractivity contribution < 1.29 is 0 Å². The minimum atomic E-state index is 0.692. The molecule has 2 heteroatoms. The molecule has 0 amide bonds. The van der Waals surface area contributed by atoms with Gasteiger partial charge in [0.2, 0.25) is 0 Å². The third-order valence-electron chi connectivity index (χ3n) is 5.12. The predicted octanol–water partition coefficient (Wildman–Crippen LogP) is 2.88. The van der Waals surface area contributed by atoms with Crippen molar-refractivity contribution in [3.63, 3.8) is 0 Å². The van der Waals surface area contributed by atoms with E-state index in [0.717, 1.165) is 23.9 Å². The summed E-state index contributed by atoms with van der Waals surface area (Å²) in [6, 6.07) is 2.35. The van der Waals surface area contributed by atoms with Crippen LogP contribution in [0.3, 0.4) is 0 Å². The van der Waals surface area contributed by atoms with Crippen LogP contribution in [0.15, 0.2) is 0 Å². The average molecular weight is 238 g/mol. The Kier molecular flexibility index (Phi) is 4.48. The molecule has 0 aromatic rings. The van der Waals surface area contributed by atoms with Crippen molar-refractivity contribution in [1.82, 2.24) is 10.2 Å². The van der Waals surface area contributed by atoms with Crippen LogP contribution in [0.1, 0.15) is 52.9 Å². The van der Waals surface area contributed by atoms with E-state index in [2.05, 4.69) is 38.0 Å². The van der Waals surface area contributed by atoms with E-state index in [9.17, 15) is 0 Å². The largest absolute Gasteiger partial charge is 0.312 e. The van der Waals surface area contributed by atoms with Crippen molar-refractivity contribution in [1.29, 1.82) is 0 Å². The maximum absolute atomic E-state index is 3.79. The lowest BCUT2D eigenvalue weighted by molar-refractivity contribution is 0.197. The Bertz CT molecular complexity index is 237. The van der Waals surface area contributed by atoms with Crippen LogP contribution in [-0.2, 0) is 0 Å². The number of rotatable bonds is 5. The number of likely N-dealkylation sites (N-methyl/N-ethyl adjacent to an activating group) is 1. The fraction of sp³-hybridized carbons (Fsp3) is 1.00. The maximum atomic E-state index is 3.79. The van der Waals surface area contributed by atoms with Gasteiger partial charge in [-0.3, -0.25) is 4.90 Å². The molecule has 2 aliphatic rings. The number of nitrogens with zero attached hydrogens (tertiary/aromatic N) is 1. The zero-order chi connectivity index (χ0) is 12.4. The van der Waals surface area contributed by atoms with Crippen molar-refractivity contribution in [3.05, 3.63) is 0 Å². The fourth-order valence-electron chi connectivity index (χ4n) is 3.06. The topological polar surface area (TPSA) is 15.3 Å². The Morgan fingerprint density at radius 3 is 2.41 bits per heavy atom. The van der Waals surface area contributed by atoms with Crippen LogP contribution in [-0.4, -0.2) is 36.6 Å². The van der Waals surface area contributed by atoms with Crippen molar-refractivity contribution in [3.8, 4) is 0 Å². The summed E-state index contributed by atoms with van der Waals surface area (Å²) in [6.07, 6.45) is 7.00. The highest BCUT2D eigenvalue weighted by atomic mass is 15.2. The predicted molar refractivity (Wildman–Crippen MR) is 74.2 cm³/mol. The van der Waals surface area contributed by atoms with Crippen LogP contribution in [0, 0.1) is 11.8 Å². The van der Waals surface area contributed by atoms with Gasteiger partial charge in [-0.25, -0.2) is 0 Å². The molecule has 2 aliphatic carbocycles. The molecule has 0 heterocycles. The van der Waals surface area contributed by atoms with Gasteiger partial charge < -0.3 is 5.32 Å². The first-order chi connectivity index (χ1) is 8.08. The molecule has 2 nitrogen and oxygen atoms in total. The summed E-state index contributed by atoms with van der Waals surface area (Å²) in [5.74, 6) is 1.83. The smallest absolute Gasteiger partial charge is 0.0192 e. The molecule has 0 aliphatic heterocycles. The van der Waals surface area contributed by atoms with Crippen LogP contribution >= 0.6 is 0 Å². The van der Waals surface area contributed by atoms with Crippen LogP contribution in [0.2, 0.25) is 0 Å². The number of nitrogens with one attached hydrogen (secondary N) is 1. The van der Waals surface area contributed by atoms with E-state index in [1.807, 2.05) is 0 Å². The first kappa shape index (κ1) is 13.4. The second-order valence-corrected chi connectivity index (χ2v) is 6.62. The Hall–Kier alpha value is -0.0800. The van der Waals surface area contributed by atoms with Crippen LogP contribution < -0.4 is 5.32 Å². The SMILES string of the molecule is CC1CCC(NCC(C)N(C)C2CC2)CC1C. The van der Waals surface area contributed by atoms with E-state index < -0.39 is 0 Å². The zero-order valence-electron chi connectivity index (χ0n) is 12.1. The molecule has 2 saturated carbocycles. The molecule has 2 fully saturated rings. The maximum Gasteiger partial charge on any atom is 0.0192 e. The third-order valence-corrected chi connectivity index (χ3v) is 5.12. The molecule has 0 bridgehead atoms. The molecule has 2 rings (SSSR count). The molecule has 1 N–H and O–H groups in total. The highest BCUT2D eigenvalue weighted by molar-refractivity contribution is 4.87. The van der Waals surface area contributed by atoms with Gasteiger partial charge in [0.25, 0.3) is 0 Å². The van der Waals surface area contributed by atoms with Crippen LogP contribution in [0.25, 0.3) is 0 Å². The van der Waals surface area contributed by atoms with Gasteiger partial charge in [-0.05, 0) is 57.9 Å². The molecular formula is C15H30N2. The first-order valence-corrected chi connectivity index (χ1v) is 7.53. The average Bonchev–Trinajstić information content (AvgIpc) is 3.13. The lowest BCUT2D eigenvalue weighted by Crippen LogP contribution is -2.44. The summed E-state index contributed by atoms with van der Waals surface area (Å²) in [5.41, 5.74) is 0. The van der Waals surface area contributed by atoms with E-state index in [1.165, 1.54) is 38.6 Å². The zero-order valence-corrected chi connectivity index (χ0v) is 12.1. The van der Waals surface area contributed by atoms with Gasteiger partial charge in [0.15, 0.2) is 0 Å². The third kappa shape index (κ3) is 3.69. The van der Waals surface area contributed by atoms with Gasteiger partial charge >= 0.3 is 0 Å². The molecule has 0 aromatic heterocycles. The van der Waals surface area contributed by atoms with Crippen molar-refractivity contribution in [2.45, 2.75) is 71.0 Å². The van der Waals surface area contributed by atoms with E-state index >= 15 is 0 Å². The first-order valence-electron chi connectivity index (χ1n) is 7.53. The summed E-state index contributed by atoms with van der Waals surface area (Å²) in [7, 11) is 2.29. The molecule has 0 radical (unpaired) electrons. The summed E-state index contributed by atoms with van der Waals surface area (Å²) in [5, 5.41) is 3.79. The minimum Gasteiger partial charge on any atom is -0.312 e. The van der Waals surface area contributed by atoms with Gasteiger partial charge in [0.1, 0.15) is 0 Å². The van der Waals surface area contributed by atoms with Gasteiger partial charge in [0.05, 0.1) is 0 Å². The van der Waals surface area contributed by atoms with E-state index in [-0.39, 0.29) is 0 Å². The van der Waals surface area contributed by atoms with E-state index in [4.69, 9.17) is 0 Å². The summed E-state index contributed by atoms with van der Waals surface area (Å²) >= 11 is 0. The Morgan fingerprint density at radius 2 is 1.82 bits per heavy atom. The minimum absolute atomic E-state index is 0.692. The summed E-state index contributed by atoms with van der Waals surface area (Å²) in [6.45, 7) is 8.35. The monoisotopic (exact) mass is 238 g/mol. The van der Waals surface area contributed by atoms with Crippen molar-refractivity contribution in [2.75, 3.05) is 13.6 Å². The molecular weight excluding hydrogens is 208 g/mol. The van der Waals surface area contributed by atoms with Gasteiger partial charge in [-0.2, -0.15) is 0 Å². The van der Waals surface area contributed by atoms with Gasteiger partial charge in [-0.1, -0.05) is 13.8 Å². The Morgan fingerprint density at radius 1 is 1.12 bits per heavy atom. The molecule has 4 unspecified atom stereocenters. The molecule has 17 heavy (non-hydrogen) atoms. The summed E-state index contributed by atoms with van der Waals surface area (Å²) in [4.78, 5) is 2.56. The van der Waals surface area contributed by atoms with Gasteiger partial charge in [0, 0.05) is 24.7 Å². The Labute approximate surface area is 107 Å².